The smallest absolute Gasteiger partial charge is 0.326 e. The molecule has 0 radical (unpaired) electrons. The van der Waals surface area contributed by atoms with Crippen LogP contribution >= 0.6 is 0 Å². The van der Waals surface area contributed by atoms with Crippen LogP contribution in [0.4, 0.5) is 0 Å². The van der Waals surface area contributed by atoms with E-state index in [1.54, 1.807) is 4.68 Å². The molecule has 1 unspecified atom stereocenters. The molecule has 6 heteroatoms. The fraction of sp³-hybridized carbons (Fsp3) is 0.389. The van der Waals surface area contributed by atoms with Crippen LogP contribution < -0.4 is 5.32 Å². The average Bonchev–Trinajstić information content (AvgIpc) is 2.86. The number of hydrogen-bond donors (Lipinski definition) is 2. The first-order valence-corrected chi connectivity index (χ1v) is 7.95. The summed E-state index contributed by atoms with van der Waals surface area (Å²) in [5.41, 5.74) is 2.75. The lowest BCUT2D eigenvalue weighted by Gasteiger charge is -2.18. The minimum absolute atomic E-state index is 0.134. The standard InChI is InChI=1S/C18H23N3O3/c1-12-9-13(2)21(20-12)14(3)10-17(22)19-16(18(23)24)11-15-7-5-4-6-8-15/h4-9,14,16H,10-11H2,1-3H3,(H,19,22)(H,23,24)/t14?,16-/m1/s1. The summed E-state index contributed by atoms with van der Waals surface area (Å²) in [7, 11) is 0. The molecule has 1 aromatic heterocycles. The number of aryl methyl sites for hydroxylation is 2. The maximum absolute atomic E-state index is 12.2. The Balaban J connectivity index is 1.98. The van der Waals surface area contributed by atoms with Crippen LogP contribution in [0.1, 0.15) is 36.3 Å². The topological polar surface area (TPSA) is 84.2 Å². The van der Waals surface area contributed by atoms with Crippen molar-refractivity contribution in [2.75, 3.05) is 0 Å². The maximum Gasteiger partial charge on any atom is 0.326 e. The second-order valence-electron chi connectivity index (χ2n) is 6.07. The highest BCUT2D eigenvalue weighted by Crippen LogP contribution is 2.14. The van der Waals surface area contributed by atoms with E-state index in [1.807, 2.05) is 57.2 Å². The van der Waals surface area contributed by atoms with Gasteiger partial charge in [-0.2, -0.15) is 5.10 Å². The monoisotopic (exact) mass is 329 g/mol. The van der Waals surface area contributed by atoms with Crippen molar-refractivity contribution >= 4 is 11.9 Å². The number of hydrogen-bond acceptors (Lipinski definition) is 3. The van der Waals surface area contributed by atoms with E-state index in [2.05, 4.69) is 10.4 Å². The van der Waals surface area contributed by atoms with Gasteiger partial charge < -0.3 is 10.4 Å². The van der Waals surface area contributed by atoms with E-state index in [9.17, 15) is 14.7 Å². The highest BCUT2D eigenvalue weighted by molar-refractivity contribution is 5.83. The number of rotatable bonds is 7. The normalized spacial score (nSPS) is 13.3. The number of nitrogens with zero attached hydrogens (tertiary/aromatic N) is 2. The van der Waals surface area contributed by atoms with Crippen LogP contribution in [0.3, 0.4) is 0 Å². The number of carbonyl (C=O) groups excluding carboxylic acids is 1. The molecule has 2 N–H and O–H groups in total. The summed E-state index contributed by atoms with van der Waals surface area (Å²) in [6, 6.07) is 10.1. The molecular formula is C18H23N3O3. The zero-order chi connectivity index (χ0) is 17.7. The highest BCUT2D eigenvalue weighted by atomic mass is 16.4. The van der Waals surface area contributed by atoms with Crippen LogP contribution in [-0.2, 0) is 16.0 Å². The number of aliphatic carboxylic acids is 1. The molecule has 0 aliphatic heterocycles. The Bertz CT molecular complexity index is 710. The highest BCUT2D eigenvalue weighted by Gasteiger charge is 2.22. The SMILES string of the molecule is Cc1cc(C)n(C(C)CC(=O)N[C@H](Cc2ccccc2)C(=O)O)n1. The second kappa shape index (κ2) is 7.77. The van der Waals surface area contributed by atoms with Gasteiger partial charge in [-0.15, -0.1) is 0 Å². The van der Waals surface area contributed by atoms with E-state index in [0.29, 0.717) is 0 Å². The van der Waals surface area contributed by atoms with E-state index < -0.39 is 12.0 Å². The van der Waals surface area contributed by atoms with Crippen molar-refractivity contribution in [2.45, 2.75) is 45.7 Å². The van der Waals surface area contributed by atoms with E-state index in [0.717, 1.165) is 17.0 Å². The van der Waals surface area contributed by atoms with Gasteiger partial charge in [0, 0.05) is 18.5 Å². The first-order chi connectivity index (χ1) is 11.4. The third-order valence-corrected chi connectivity index (χ3v) is 3.86. The zero-order valence-corrected chi connectivity index (χ0v) is 14.2. The summed E-state index contributed by atoms with van der Waals surface area (Å²) in [5.74, 6) is -1.33. The number of nitrogens with one attached hydrogen (secondary N) is 1. The van der Waals surface area contributed by atoms with E-state index in [4.69, 9.17) is 0 Å². The molecule has 1 amide bonds. The fourth-order valence-corrected chi connectivity index (χ4v) is 2.75. The van der Waals surface area contributed by atoms with Crippen LogP contribution in [0.2, 0.25) is 0 Å². The average molecular weight is 329 g/mol. The molecule has 0 aliphatic rings. The van der Waals surface area contributed by atoms with Crippen molar-refractivity contribution in [1.82, 2.24) is 15.1 Å². The molecule has 2 rings (SSSR count). The van der Waals surface area contributed by atoms with Gasteiger partial charge >= 0.3 is 5.97 Å². The Morgan fingerprint density at radius 3 is 2.46 bits per heavy atom. The number of amides is 1. The van der Waals surface area contributed by atoms with Gasteiger partial charge in [0.15, 0.2) is 0 Å². The lowest BCUT2D eigenvalue weighted by atomic mass is 10.1. The van der Waals surface area contributed by atoms with Gasteiger partial charge in [0.05, 0.1) is 11.7 Å². The zero-order valence-electron chi connectivity index (χ0n) is 14.2. The third kappa shape index (κ3) is 4.68. The van der Waals surface area contributed by atoms with Gasteiger partial charge in [0.2, 0.25) is 5.91 Å². The molecule has 0 saturated heterocycles. The van der Waals surface area contributed by atoms with Crippen LogP contribution in [0.5, 0.6) is 0 Å². The number of carbonyl (C=O) groups is 2. The summed E-state index contributed by atoms with van der Waals surface area (Å²) in [5, 5.41) is 16.3. The largest absolute Gasteiger partial charge is 0.480 e. The minimum Gasteiger partial charge on any atom is -0.480 e. The Hall–Kier alpha value is -2.63. The molecule has 0 aliphatic carbocycles. The van der Waals surface area contributed by atoms with E-state index in [1.165, 1.54) is 0 Å². The molecule has 1 aromatic carbocycles. The van der Waals surface area contributed by atoms with Gasteiger partial charge in [-0.05, 0) is 32.4 Å². The van der Waals surface area contributed by atoms with Crippen molar-refractivity contribution in [1.29, 1.82) is 0 Å². The molecule has 2 atom stereocenters. The lowest BCUT2D eigenvalue weighted by Crippen LogP contribution is -2.42. The van der Waals surface area contributed by atoms with Crippen LogP contribution in [-0.4, -0.2) is 32.8 Å². The summed E-state index contributed by atoms with van der Waals surface area (Å²) in [4.78, 5) is 23.7. The maximum atomic E-state index is 12.2. The first kappa shape index (κ1) is 17.7. The number of carboxylic acids is 1. The lowest BCUT2D eigenvalue weighted by molar-refractivity contribution is -0.141. The Morgan fingerprint density at radius 1 is 1.25 bits per heavy atom. The minimum atomic E-state index is -1.04. The van der Waals surface area contributed by atoms with Gasteiger partial charge in [0.25, 0.3) is 0 Å². The van der Waals surface area contributed by atoms with E-state index >= 15 is 0 Å². The summed E-state index contributed by atoms with van der Waals surface area (Å²) >= 11 is 0. The molecule has 6 nitrogen and oxygen atoms in total. The summed E-state index contributed by atoms with van der Waals surface area (Å²) < 4.78 is 1.79. The van der Waals surface area contributed by atoms with Gasteiger partial charge in [-0.1, -0.05) is 30.3 Å². The quantitative estimate of drug-likeness (QED) is 0.816. The van der Waals surface area contributed by atoms with Crippen molar-refractivity contribution in [3.8, 4) is 0 Å². The molecule has 0 spiro atoms. The molecule has 128 valence electrons. The predicted octanol–water partition coefficient (Wildman–Crippen LogP) is 2.26. The Morgan fingerprint density at radius 2 is 1.92 bits per heavy atom. The van der Waals surface area contributed by atoms with Crippen molar-refractivity contribution < 1.29 is 14.7 Å². The molecule has 1 heterocycles. The van der Waals surface area contributed by atoms with Crippen LogP contribution in [0.15, 0.2) is 36.4 Å². The van der Waals surface area contributed by atoms with Gasteiger partial charge in [0.1, 0.15) is 6.04 Å². The first-order valence-electron chi connectivity index (χ1n) is 7.95. The molecule has 24 heavy (non-hydrogen) atoms. The third-order valence-electron chi connectivity index (χ3n) is 3.86. The Kier molecular flexibility index (Phi) is 5.73. The predicted molar refractivity (Wildman–Crippen MR) is 90.7 cm³/mol. The second-order valence-corrected chi connectivity index (χ2v) is 6.07. The summed E-state index contributed by atoms with van der Waals surface area (Å²) in [6.07, 6.45) is 0.441. The fourth-order valence-electron chi connectivity index (χ4n) is 2.75. The van der Waals surface area contributed by atoms with Gasteiger partial charge in [-0.3, -0.25) is 9.48 Å². The number of carboxylic acid groups (broad SMARTS) is 1. The molecular weight excluding hydrogens is 306 g/mol. The number of aromatic nitrogens is 2. The number of benzene rings is 1. The van der Waals surface area contributed by atoms with Crippen molar-refractivity contribution in [2.24, 2.45) is 0 Å². The molecule has 0 fully saturated rings. The summed E-state index contributed by atoms with van der Waals surface area (Å²) in [6.45, 7) is 5.73. The van der Waals surface area contributed by atoms with Crippen LogP contribution in [0, 0.1) is 13.8 Å². The van der Waals surface area contributed by atoms with E-state index in [-0.39, 0.29) is 24.8 Å². The Labute approximate surface area is 141 Å². The molecule has 0 bridgehead atoms. The van der Waals surface area contributed by atoms with Crippen molar-refractivity contribution in [3.05, 3.63) is 53.3 Å². The molecule has 2 aromatic rings. The molecule has 0 saturated carbocycles. The van der Waals surface area contributed by atoms with Crippen LogP contribution in [0.25, 0.3) is 0 Å². The van der Waals surface area contributed by atoms with Gasteiger partial charge in [-0.25, -0.2) is 4.79 Å². The van der Waals surface area contributed by atoms with Crippen molar-refractivity contribution in [3.63, 3.8) is 0 Å².